The van der Waals surface area contributed by atoms with Crippen LogP contribution < -0.4 is 5.73 Å². The van der Waals surface area contributed by atoms with Crippen molar-refractivity contribution >= 4 is 33.8 Å². The molecular weight excluding hydrogens is 414 g/mol. The summed E-state index contributed by atoms with van der Waals surface area (Å²) in [5.74, 6) is 2.93. The first-order valence-corrected chi connectivity index (χ1v) is 10.7. The molecule has 156 valence electrons. The van der Waals surface area contributed by atoms with Crippen molar-refractivity contribution in [2.24, 2.45) is 0 Å². The number of hydrogen-bond donors (Lipinski definition) is 3. The summed E-state index contributed by atoms with van der Waals surface area (Å²) in [4.78, 5) is 12.8. The van der Waals surface area contributed by atoms with Crippen molar-refractivity contribution in [2.75, 3.05) is 5.73 Å². The third-order valence-corrected chi connectivity index (χ3v) is 6.61. The number of para-hydroxylation sites is 1. The van der Waals surface area contributed by atoms with E-state index in [0.29, 0.717) is 22.7 Å². The number of nitrogens with two attached hydrogens (primary N) is 1. The predicted molar refractivity (Wildman–Crippen MR) is 118 cm³/mol. The zero-order chi connectivity index (χ0) is 20.9. The minimum absolute atomic E-state index is 0.319. The Kier molecular flexibility index (Phi) is 4.17. The maximum Gasteiger partial charge on any atom is 0.177 e. The van der Waals surface area contributed by atoms with Gasteiger partial charge in [-0.2, -0.15) is 5.21 Å². The van der Waals surface area contributed by atoms with E-state index in [9.17, 15) is 0 Å². The second-order valence-electron chi connectivity index (χ2n) is 8.06. The van der Waals surface area contributed by atoms with Crippen LogP contribution in [-0.4, -0.2) is 40.0 Å². The van der Waals surface area contributed by atoms with Crippen LogP contribution in [0.1, 0.15) is 49.2 Å². The van der Waals surface area contributed by atoms with Crippen molar-refractivity contribution < 1.29 is 0 Å². The number of nitrogens with one attached hydrogen (secondary N) is 2. The summed E-state index contributed by atoms with van der Waals surface area (Å²) in [7, 11) is 0. The number of nitrogen functional groups attached to an aromatic ring is 1. The van der Waals surface area contributed by atoms with Gasteiger partial charge >= 0.3 is 0 Å². The Morgan fingerprint density at radius 1 is 1.13 bits per heavy atom. The molecule has 0 aliphatic heterocycles. The van der Waals surface area contributed by atoms with Gasteiger partial charge in [-0.25, -0.2) is 9.97 Å². The molecule has 1 saturated carbocycles. The molecule has 0 bridgehead atoms. The number of tetrazole rings is 1. The average Bonchev–Trinajstić information content (AvgIpc) is 3.53. The normalized spacial score (nSPS) is 19.4. The van der Waals surface area contributed by atoms with Crippen LogP contribution in [0.4, 0.5) is 5.82 Å². The fourth-order valence-corrected chi connectivity index (χ4v) is 4.99. The lowest BCUT2D eigenvalue weighted by atomic mass is 9.81. The van der Waals surface area contributed by atoms with Crippen molar-refractivity contribution in [1.29, 1.82) is 0 Å². The lowest BCUT2D eigenvalue weighted by Gasteiger charge is -2.25. The van der Waals surface area contributed by atoms with E-state index in [4.69, 9.17) is 22.3 Å². The molecule has 5 aromatic rings. The van der Waals surface area contributed by atoms with Crippen molar-refractivity contribution in [2.45, 2.75) is 37.5 Å². The molecule has 10 heteroatoms. The number of halogens is 1. The number of nitrogens with zero attached hydrogens (tertiary/aromatic N) is 6. The van der Waals surface area contributed by atoms with Gasteiger partial charge in [-0.15, -0.1) is 10.2 Å². The fourth-order valence-electron chi connectivity index (χ4n) is 4.76. The Hall–Kier alpha value is -3.46. The van der Waals surface area contributed by atoms with E-state index in [1.54, 1.807) is 6.20 Å². The smallest absolute Gasteiger partial charge is 0.177 e. The van der Waals surface area contributed by atoms with Crippen molar-refractivity contribution in [1.82, 2.24) is 40.0 Å². The summed E-state index contributed by atoms with van der Waals surface area (Å²) in [6, 6.07) is 7.91. The van der Waals surface area contributed by atoms with Gasteiger partial charge in [0, 0.05) is 29.6 Å². The SMILES string of the molecule is Nc1nccn2c1c(-c1cc3cccc(Cl)c3[nH]1)nc2[C@H]1CC[C@H](c2nn[nH]n2)CC1. The molecule has 0 atom stereocenters. The van der Waals surface area contributed by atoms with Gasteiger partial charge in [0.2, 0.25) is 0 Å². The number of aromatic amines is 2. The molecule has 0 amide bonds. The number of hydrogen-bond acceptors (Lipinski definition) is 6. The molecule has 1 aliphatic rings. The molecule has 0 spiro atoms. The van der Waals surface area contributed by atoms with E-state index in [2.05, 4.69) is 41.1 Å². The lowest BCUT2D eigenvalue weighted by molar-refractivity contribution is 0.374. The summed E-state index contributed by atoms with van der Waals surface area (Å²) in [6.07, 6.45) is 7.66. The van der Waals surface area contributed by atoms with E-state index >= 15 is 0 Å². The molecular formula is C21H20ClN9. The molecule has 4 heterocycles. The van der Waals surface area contributed by atoms with Crippen LogP contribution >= 0.6 is 11.6 Å². The highest BCUT2D eigenvalue weighted by molar-refractivity contribution is 6.35. The number of benzene rings is 1. The monoisotopic (exact) mass is 433 g/mol. The second kappa shape index (κ2) is 7.05. The molecule has 0 radical (unpaired) electrons. The first kappa shape index (κ1) is 18.3. The van der Waals surface area contributed by atoms with E-state index < -0.39 is 0 Å². The van der Waals surface area contributed by atoms with Crippen LogP contribution in [0.5, 0.6) is 0 Å². The number of aromatic nitrogens is 8. The largest absolute Gasteiger partial charge is 0.382 e. The maximum atomic E-state index is 6.38. The molecule has 31 heavy (non-hydrogen) atoms. The van der Waals surface area contributed by atoms with Crippen LogP contribution in [0.15, 0.2) is 36.7 Å². The highest BCUT2D eigenvalue weighted by Gasteiger charge is 2.30. The minimum atomic E-state index is 0.319. The minimum Gasteiger partial charge on any atom is -0.382 e. The molecule has 1 aromatic carbocycles. The zero-order valence-electron chi connectivity index (χ0n) is 16.6. The molecule has 6 rings (SSSR count). The third-order valence-electron chi connectivity index (χ3n) is 6.29. The number of anilines is 1. The van der Waals surface area contributed by atoms with E-state index in [0.717, 1.165) is 65.1 Å². The quantitative estimate of drug-likeness (QED) is 0.393. The van der Waals surface area contributed by atoms with Crippen molar-refractivity contribution in [3.8, 4) is 11.4 Å². The number of rotatable bonds is 3. The van der Waals surface area contributed by atoms with Crippen molar-refractivity contribution in [3.05, 3.63) is 53.3 Å². The van der Waals surface area contributed by atoms with Crippen LogP contribution in [0, 0.1) is 0 Å². The van der Waals surface area contributed by atoms with E-state index in [1.807, 2.05) is 24.4 Å². The Morgan fingerprint density at radius 2 is 1.97 bits per heavy atom. The Labute approximate surface area is 182 Å². The van der Waals surface area contributed by atoms with Gasteiger partial charge in [0.25, 0.3) is 0 Å². The first-order chi connectivity index (χ1) is 15.2. The highest BCUT2D eigenvalue weighted by atomic mass is 35.5. The molecule has 4 aromatic heterocycles. The standard InChI is InChI=1S/C21H20ClN9/c22-14-3-1-2-13-10-15(25-16(13)14)17-18-19(23)24-8-9-31(18)21(26-17)12-6-4-11(5-7-12)20-27-29-30-28-20/h1-3,8-12,25H,4-7H2,(H2,23,24)(H,27,28,29,30)/t11-,12-. The van der Waals surface area contributed by atoms with Crippen LogP contribution in [0.3, 0.4) is 0 Å². The molecule has 1 fully saturated rings. The van der Waals surface area contributed by atoms with Crippen LogP contribution in [-0.2, 0) is 0 Å². The highest BCUT2D eigenvalue weighted by Crippen LogP contribution is 2.41. The number of fused-ring (bicyclic) bond motifs is 2. The van der Waals surface area contributed by atoms with Gasteiger partial charge < -0.3 is 10.7 Å². The van der Waals surface area contributed by atoms with Crippen LogP contribution in [0.2, 0.25) is 5.02 Å². The fraction of sp³-hybridized carbons (Fsp3) is 0.286. The molecule has 0 unspecified atom stereocenters. The second-order valence-corrected chi connectivity index (χ2v) is 8.46. The Balaban J connectivity index is 1.42. The summed E-state index contributed by atoms with van der Waals surface area (Å²) in [5.41, 5.74) is 9.70. The molecule has 4 N–H and O–H groups in total. The van der Waals surface area contributed by atoms with Gasteiger partial charge in [-0.05, 0) is 37.8 Å². The first-order valence-electron chi connectivity index (χ1n) is 10.3. The predicted octanol–water partition coefficient (Wildman–Crippen LogP) is 4.07. The van der Waals surface area contributed by atoms with Crippen molar-refractivity contribution in [3.63, 3.8) is 0 Å². The topological polar surface area (TPSA) is 126 Å². The molecule has 0 saturated heterocycles. The summed E-state index contributed by atoms with van der Waals surface area (Å²) >= 11 is 6.38. The van der Waals surface area contributed by atoms with Gasteiger partial charge in [-0.3, -0.25) is 4.40 Å². The van der Waals surface area contributed by atoms with Gasteiger partial charge in [0.05, 0.1) is 16.2 Å². The average molecular weight is 434 g/mol. The summed E-state index contributed by atoms with van der Waals surface area (Å²) in [5, 5.41) is 16.3. The zero-order valence-corrected chi connectivity index (χ0v) is 17.3. The molecule has 1 aliphatic carbocycles. The van der Waals surface area contributed by atoms with Crippen LogP contribution in [0.25, 0.3) is 27.8 Å². The van der Waals surface area contributed by atoms with Gasteiger partial charge in [-0.1, -0.05) is 28.9 Å². The number of imidazole rings is 1. The Morgan fingerprint density at radius 3 is 2.74 bits per heavy atom. The van der Waals surface area contributed by atoms with Gasteiger partial charge in [0.15, 0.2) is 5.82 Å². The number of H-pyrrole nitrogens is 2. The third kappa shape index (κ3) is 2.96. The molecule has 9 nitrogen and oxygen atoms in total. The van der Waals surface area contributed by atoms with E-state index in [1.165, 1.54) is 0 Å². The van der Waals surface area contributed by atoms with E-state index in [-0.39, 0.29) is 0 Å². The Bertz CT molecular complexity index is 1380. The summed E-state index contributed by atoms with van der Waals surface area (Å²) in [6.45, 7) is 0. The van der Waals surface area contributed by atoms with Gasteiger partial charge in [0.1, 0.15) is 22.9 Å². The lowest BCUT2D eigenvalue weighted by Crippen LogP contribution is -2.15. The maximum absolute atomic E-state index is 6.38. The summed E-state index contributed by atoms with van der Waals surface area (Å²) < 4.78 is 2.09.